The van der Waals surface area contributed by atoms with Gasteiger partial charge in [-0.1, -0.05) is 13.8 Å². The summed E-state index contributed by atoms with van der Waals surface area (Å²) in [6, 6.07) is 3.84. The molecule has 0 unspecified atom stereocenters. The van der Waals surface area contributed by atoms with Crippen molar-refractivity contribution < 1.29 is 4.39 Å². The van der Waals surface area contributed by atoms with Crippen molar-refractivity contribution >= 4 is 45.8 Å². The van der Waals surface area contributed by atoms with Gasteiger partial charge in [0.2, 0.25) is 0 Å². The fraction of sp³-hybridized carbons (Fsp3) is 0.533. The van der Waals surface area contributed by atoms with E-state index in [0.29, 0.717) is 19.8 Å². The molecule has 0 radical (unpaired) electrons. The highest BCUT2D eigenvalue weighted by molar-refractivity contribution is 14.1. The second kappa shape index (κ2) is 5.09. The minimum absolute atomic E-state index is 0.169. The van der Waals surface area contributed by atoms with Crippen LogP contribution in [0.5, 0.6) is 0 Å². The van der Waals surface area contributed by atoms with Crippen LogP contribution in [0.15, 0.2) is 12.1 Å². The molecule has 1 heterocycles. The van der Waals surface area contributed by atoms with E-state index >= 15 is 0 Å². The van der Waals surface area contributed by atoms with Gasteiger partial charge >= 0.3 is 0 Å². The van der Waals surface area contributed by atoms with Gasteiger partial charge < -0.3 is 9.55 Å². The summed E-state index contributed by atoms with van der Waals surface area (Å²) in [4.78, 5) is 3.22. The largest absolute Gasteiger partial charge is 0.331 e. The van der Waals surface area contributed by atoms with Crippen LogP contribution in [-0.2, 0) is 0 Å². The molecule has 3 rings (SSSR count). The highest BCUT2D eigenvalue weighted by Gasteiger charge is 2.28. The molecule has 0 aliphatic heterocycles. The van der Waals surface area contributed by atoms with Gasteiger partial charge in [-0.05, 0) is 72.0 Å². The first-order chi connectivity index (χ1) is 9.37. The van der Waals surface area contributed by atoms with Crippen LogP contribution in [0.4, 0.5) is 4.39 Å². The highest BCUT2D eigenvalue weighted by atomic mass is 127. The Hall–Kier alpha value is -0.430. The number of rotatable bonds is 1. The molecule has 1 aliphatic rings. The van der Waals surface area contributed by atoms with E-state index in [1.165, 1.54) is 12.8 Å². The summed E-state index contributed by atoms with van der Waals surface area (Å²) in [6.07, 6.45) is 4.61. The Morgan fingerprint density at radius 3 is 2.65 bits per heavy atom. The molecular formula is C15H18FIN2S. The van der Waals surface area contributed by atoms with Gasteiger partial charge in [-0.15, -0.1) is 0 Å². The first-order valence-electron chi connectivity index (χ1n) is 6.97. The Morgan fingerprint density at radius 2 is 2.00 bits per heavy atom. The van der Waals surface area contributed by atoms with Crippen LogP contribution in [0.3, 0.4) is 0 Å². The number of hydrogen-bond donors (Lipinski definition) is 1. The maximum Gasteiger partial charge on any atom is 0.178 e. The van der Waals surface area contributed by atoms with Crippen LogP contribution in [0, 0.1) is 19.6 Å². The molecule has 0 spiro atoms. The molecule has 1 aromatic heterocycles. The van der Waals surface area contributed by atoms with Gasteiger partial charge in [-0.3, -0.25) is 0 Å². The van der Waals surface area contributed by atoms with E-state index in [-0.39, 0.29) is 5.82 Å². The molecule has 108 valence electrons. The first-order valence-corrected chi connectivity index (χ1v) is 8.45. The fourth-order valence-corrected chi connectivity index (χ4v) is 3.95. The third kappa shape index (κ3) is 2.54. The van der Waals surface area contributed by atoms with Crippen LogP contribution in [-0.4, -0.2) is 9.55 Å². The van der Waals surface area contributed by atoms with E-state index in [9.17, 15) is 4.39 Å². The molecule has 1 fully saturated rings. The van der Waals surface area contributed by atoms with E-state index in [2.05, 4.69) is 23.4 Å². The van der Waals surface area contributed by atoms with E-state index < -0.39 is 0 Å². The third-order valence-electron chi connectivity index (χ3n) is 4.43. The molecule has 1 saturated carbocycles. The standard InChI is InChI=1S/C15H18FIN2S/c1-15(2)5-3-9(4-6-15)19-13-7-10(16)11(17)8-12(13)18-14(19)20/h7-9H,3-6H2,1-2H3,(H,18,20). The van der Waals surface area contributed by atoms with Crippen molar-refractivity contribution in [2.75, 3.05) is 0 Å². The van der Waals surface area contributed by atoms with Gasteiger partial charge in [0.1, 0.15) is 5.82 Å². The van der Waals surface area contributed by atoms with Gasteiger partial charge in [0, 0.05) is 12.1 Å². The summed E-state index contributed by atoms with van der Waals surface area (Å²) in [6.45, 7) is 4.64. The van der Waals surface area contributed by atoms with Gasteiger partial charge in [-0.25, -0.2) is 4.39 Å². The van der Waals surface area contributed by atoms with E-state index in [1.807, 2.05) is 28.7 Å². The van der Waals surface area contributed by atoms with Crippen molar-refractivity contribution in [2.45, 2.75) is 45.6 Å². The second-order valence-corrected chi connectivity index (χ2v) is 8.03. The lowest BCUT2D eigenvalue weighted by atomic mass is 9.75. The molecular weight excluding hydrogens is 386 g/mol. The summed E-state index contributed by atoms with van der Waals surface area (Å²) < 4.78 is 17.3. The predicted molar refractivity (Wildman–Crippen MR) is 91.1 cm³/mol. The summed E-state index contributed by atoms with van der Waals surface area (Å²) in [7, 11) is 0. The van der Waals surface area contributed by atoms with Crippen molar-refractivity contribution in [3.8, 4) is 0 Å². The van der Waals surface area contributed by atoms with Crippen LogP contribution in [0.25, 0.3) is 11.0 Å². The van der Waals surface area contributed by atoms with Crippen molar-refractivity contribution in [3.63, 3.8) is 0 Å². The third-order valence-corrected chi connectivity index (χ3v) is 5.56. The minimum Gasteiger partial charge on any atom is -0.331 e. The van der Waals surface area contributed by atoms with Gasteiger partial charge in [0.25, 0.3) is 0 Å². The zero-order chi connectivity index (χ0) is 14.5. The van der Waals surface area contributed by atoms with E-state index in [0.717, 1.165) is 23.9 Å². The molecule has 2 nitrogen and oxygen atoms in total. The molecule has 5 heteroatoms. The number of halogens is 2. The van der Waals surface area contributed by atoms with E-state index in [4.69, 9.17) is 12.2 Å². The highest BCUT2D eigenvalue weighted by Crippen LogP contribution is 2.41. The summed E-state index contributed by atoms with van der Waals surface area (Å²) in [5.74, 6) is -0.169. The van der Waals surface area contributed by atoms with Crippen molar-refractivity contribution in [1.82, 2.24) is 9.55 Å². The number of imidazole rings is 1. The number of H-pyrrole nitrogens is 1. The van der Waals surface area contributed by atoms with Gasteiger partial charge in [0.05, 0.1) is 14.6 Å². The number of aromatic nitrogens is 2. The lowest BCUT2D eigenvalue weighted by molar-refractivity contribution is 0.195. The molecule has 1 N–H and O–H groups in total. The monoisotopic (exact) mass is 404 g/mol. The lowest BCUT2D eigenvalue weighted by Gasteiger charge is -2.35. The predicted octanol–water partition coefficient (Wildman–Crippen LogP) is 5.58. The topological polar surface area (TPSA) is 20.7 Å². The Morgan fingerprint density at radius 1 is 1.35 bits per heavy atom. The average molecular weight is 404 g/mol. The number of nitrogens with one attached hydrogen (secondary N) is 1. The molecule has 0 bridgehead atoms. The maximum atomic E-state index is 13.9. The Labute approximate surface area is 136 Å². The van der Waals surface area contributed by atoms with E-state index in [1.54, 1.807) is 6.07 Å². The summed E-state index contributed by atoms with van der Waals surface area (Å²) in [5.41, 5.74) is 2.26. The molecule has 1 aliphatic carbocycles. The van der Waals surface area contributed by atoms with Crippen LogP contribution < -0.4 is 0 Å². The fourth-order valence-electron chi connectivity index (χ4n) is 3.13. The van der Waals surface area contributed by atoms with Crippen molar-refractivity contribution in [2.24, 2.45) is 5.41 Å². The zero-order valence-electron chi connectivity index (χ0n) is 11.7. The molecule has 2 aromatic rings. The quantitative estimate of drug-likeness (QED) is 0.486. The SMILES string of the molecule is CC1(C)CCC(n2c(=S)[nH]c3cc(I)c(F)cc32)CC1. The van der Waals surface area contributed by atoms with Crippen molar-refractivity contribution in [3.05, 3.63) is 26.3 Å². The summed E-state index contributed by atoms with van der Waals surface area (Å²) in [5, 5.41) is 0. The molecule has 1 aromatic carbocycles. The number of benzene rings is 1. The number of fused-ring (bicyclic) bond motifs is 1. The molecule has 20 heavy (non-hydrogen) atoms. The average Bonchev–Trinajstić information content (AvgIpc) is 2.66. The lowest BCUT2D eigenvalue weighted by Crippen LogP contribution is -2.23. The summed E-state index contributed by atoms with van der Waals surface area (Å²) >= 11 is 7.47. The number of aromatic amines is 1. The van der Waals surface area contributed by atoms with Crippen LogP contribution in [0.2, 0.25) is 0 Å². The molecule has 0 saturated heterocycles. The first kappa shape index (κ1) is 14.5. The normalized spacial score (nSPS) is 19.6. The Kier molecular flexibility index (Phi) is 3.69. The smallest absolute Gasteiger partial charge is 0.178 e. The van der Waals surface area contributed by atoms with Crippen LogP contribution in [0.1, 0.15) is 45.6 Å². The Bertz CT molecular complexity index is 706. The van der Waals surface area contributed by atoms with Crippen molar-refractivity contribution in [1.29, 1.82) is 0 Å². The molecule has 0 amide bonds. The zero-order valence-corrected chi connectivity index (χ0v) is 14.6. The van der Waals surface area contributed by atoms with Crippen LogP contribution >= 0.6 is 34.8 Å². The Balaban J connectivity index is 2.06. The maximum absolute atomic E-state index is 13.9. The number of hydrogen-bond acceptors (Lipinski definition) is 1. The number of nitrogens with zero attached hydrogens (tertiary/aromatic N) is 1. The van der Waals surface area contributed by atoms with Gasteiger partial charge in [0.15, 0.2) is 4.77 Å². The van der Waals surface area contributed by atoms with Gasteiger partial charge in [-0.2, -0.15) is 0 Å². The molecule has 0 atom stereocenters. The minimum atomic E-state index is -0.169. The second-order valence-electron chi connectivity index (χ2n) is 6.48.